The number of nitrogens with zero attached hydrogens (tertiary/aromatic N) is 2. The molecule has 2 heterocycles. The van der Waals surface area contributed by atoms with Crippen LogP contribution in [0.25, 0.3) is 0 Å². The number of pyridine rings is 1. The maximum absolute atomic E-state index is 14.2. The molecule has 0 aliphatic carbocycles. The van der Waals surface area contributed by atoms with Gasteiger partial charge in [0, 0.05) is 22.8 Å². The smallest absolute Gasteiger partial charge is 0.256 e. The molecule has 1 aliphatic heterocycles. The molecule has 0 bridgehead atoms. The number of aromatic nitrogens is 1. The Morgan fingerprint density at radius 2 is 2.35 bits per heavy atom. The van der Waals surface area contributed by atoms with Gasteiger partial charge in [-0.05, 0) is 36.8 Å². The largest absolute Gasteiger partial charge is 0.328 e. The molecular formula is C15H12BrFN2O. The second kappa shape index (κ2) is 4.98. The Morgan fingerprint density at radius 3 is 3.05 bits per heavy atom. The van der Waals surface area contributed by atoms with Crippen LogP contribution in [0.1, 0.15) is 29.9 Å². The lowest BCUT2D eigenvalue weighted by molar-refractivity contribution is 0.0764. The predicted octanol–water partition coefficient (Wildman–Crippen LogP) is 3.45. The SMILES string of the molecule is [2H]C1([2H])c2ncccc2C(=O)N1Cc1c(C)cc(Br)cc1F. The molecule has 5 heteroatoms. The molecule has 20 heavy (non-hydrogen) atoms. The highest BCUT2D eigenvalue weighted by molar-refractivity contribution is 9.10. The van der Waals surface area contributed by atoms with Crippen LogP contribution in [0.2, 0.25) is 0 Å². The van der Waals surface area contributed by atoms with E-state index in [-0.39, 0.29) is 17.8 Å². The van der Waals surface area contributed by atoms with Gasteiger partial charge >= 0.3 is 0 Å². The zero-order valence-electron chi connectivity index (χ0n) is 12.7. The topological polar surface area (TPSA) is 33.2 Å². The third-order valence-corrected chi connectivity index (χ3v) is 3.68. The van der Waals surface area contributed by atoms with Crippen molar-refractivity contribution in [1.82, 2.24) is 9.88 Å². The van der Waals surface area contributed by atoms with Gasteiger partial charge in [-0.1, -0.05) is 15.9 Å². The molecule has 1 aliphatic rings. The lowest BCUT2D eigenvalue weighted by Crippen LogP contribution is -2.24. The average molecular weight is 337 g/mol. The summed E-state index contributed by atoms with van der Waals surface area (Å²) >= 11 is 3.21. The van der Waals surface area contributed by atoms with Gasteiger partial charge in [0.1, 0.15) is 5.82 Å². The fourth-order valence-electron chi connectivity index (χ4n) is 2.19. The quantitative estimate of drug-likeness (QED) is 0.841. The summed E-state index contributed by atoms with van der Waals surface area (Å²) in [6.45, 7) is -0.475. The number of hydrogen-bond acceptors (Lipinski definition) is 2. The van der Waals surface area contributed by atoms with Crippen LogP contribution in [-0.4, -0.2) is 15.8 Å². The Kier molecular flexibility index (Phi) is 2.73. The molecule has 0 radical (unpaired) electrons. The standard InChI is InChI=1S/C15H12BrFN2O/c1-9-5-10(16)6-13(17)12(9)7-19-8-14-11(15(19)20)3-2-4-18-14/h2-6H,7-8H2,1H3/i8D2. The number of rotatable bonds is 2. The molecule has 0 N–H and O–H groups in total. The maximum atomic E-state index is 14.2. The number of halogens is 2. The summed E-state index contributed by atoms with van der Waals surface area (Å²) < 4.78 is 31.1. The van der Waals surface area contributed by atoms with Gasteiger partial charge < -0.3 is 4.90 Å². The second-order valence-corrected chi connectivity index (χ2v) is 5.50. The van der Waals surface area contributed by atoms with Crippen LogP contribution in [0, 0.1) is 12.7 Å². The van der Waals surface area contributed by atoms with Crippen molar-refractivity contribution in [3.63, 3.8) is 0 Å². The maximum Gasteiger partial charge on any atom is 0.256 e. The number of carbonyl (C=O) groups is 1. The van der Waals surface area contributed by atoms with Crippen molar-refractivity contribution in [3.05, 3.63) is 63.1 Å². The average Bonchev–Trinajstić information content (AvgIpc) is 2.63. The van der Waals surface area contributed by atoms with E-state index < -0.39 is 18.2 Å². The minimum atomic E-state index is -2.06. The van der Waals surface area contributed by atoms with Crippen LogP contribution in [0.5, 0.6) is 0 Å². The fraction of sp³-hybridized carbons (Fsp3) is 0.200. The van der Waals surface area contributed by atoms with Gasteiger partial charge in [0.15, 0.2) is 0 Å². The van der Waals surface area contributed by atoms with E-state index in [2.05, 4.69) is 20.9 Å². The molecule has 0 atom stereocenters. The van der Waals surface area contributed by atoms with Gasteiger partial charge in [-0.15, -0.1) is 0 Å². The number of benzene rings is 1. The van der Waals surface area contributed by atoms with Crippen LogP contribution in [0.3, 0.4) is 0 Å². The normalized spacial score (nSPS) is 17.8. The summed E-state index contributed by atoms with van der Waals surface area (Å²) in [6.07, 6.45) is 1.44. The van der Waals surface area contributed by atoms with E-state index in [0.717, 1.165) is 4.90 Å². The molecule has 0 saturated heterocycles. The van der Waals surface area contributed by atoms with Crippen molar-refractivity contribution < 1.29 is 11.9 Å². The van der Waals surface area contributed by atoms with E-state index in [1.54, 1.807) is 19.1 Å². The molecule has 1 aromatic heterocycles. The number of amides is 1. The van der Waals surface area contributed by atoms with Crippen molar-refractivity contribution in [1.29, 1.82) is 0 Å². The van der Waals surface area contributed by atoms with Gasteiger partial charge in [0.25, 0.3) is 5.91 Å². The summed E-state index contributed by atoms with van der Waals surface area (Å²) in [7, 11) is 0. The molecule has 3 rings (SSSR count). The molecule has 0 fully saturated rings. The fourth-order valence-corrected chi connectivity index (χ4v) is 2.74. The van der Waals surface area contributed by atoms with Crippen LogP contribution in [-0.2, 0) is 13.0 Å². The first-order valence-electron chi connectivity index (χ1n) is 7.04. The van der Waals surface area contributed by atoms with Crippen LogP contribution < -0.4 is 0 Å². The first-order chi connectivity index (χ1) is 10.3. The molecule has 0 unspecified atom stereocenters. The van der Waals surface area contributed by atoms with E-state index in [1.807, 2.05) is 0 Å². The Balaban J connectivity index is 2.03. The van der Waals surface area contributed by atoms with Gasteiger partial charge in [0.05, 0.1) is 20.5 Å². The van der Waals surface area contributed by atoms with E-state index >= 15 is 0 Å². The Bertz CT molecular complexity index is 759. The minimum Gasteiger partial charge on any atom is -0.328 e. The monoisotopic (exact) mass is 336 g/mol. The van der Waals surface area contributed by atoms with Crippen LogP contribution >= 0.6 is 15.9 Å². The zero-order chi connectivity index (χ0) is 16.1. The molecule has 1 aromatic carbocycles. The summed E-state index contributed by atoms with van der Waals surface area (Å²) in [5.41, 5.74) is 1.26. The molecule has 3 nitrogen and oxygen atoms in total. The number of fused-ring (bicyclic) bond motifs is 1. The Morgan fingerprint density at radius 1 is 1.55 bits per heavy atom. The molecule has 1 amide bonds. The summed E-state index contributed by atoms with van der Waals surface area (Å²) in [4.78, 5) is 17.4. The predicted molar refractivity (Wildman–Crippen MR) is 76.7 cm³/mol. The van der Waals surface area contributed by atoms with Crippen molar-refractivity contribution >= 4 is 21.8 Å². The molecule has 0 spiro atoms. The van der Waals surface area contributed by atoms with E-state index in [9.17, 15) is 9.18 Å². The molecule has 102 valence electrons. The van der Waals surface area contributed by atoms with Crippen molar-refractivity contribution in [2.75, 3.05) is 0 Å². The summed E-state index contributed by atoms with van der Waals surface area (Å²) in [6, 6.07) is 6.17. The summed E-state index contributed by atoms with van der Waals surface area (Å²) in [5, 5.41) is 0. The van der Waals surface area contributed by atoms with E-state index in [4.69, 9.17) is 2.74 Å². The Labute approximate surface area is 127 Å². The van der Waals surface area contributed by atoms with E-state index in [1.165, 1.54) is 18.3 Å². The van der Waals surface area contributed by atoms with Gasteiger partial charge in [0.2, 0.25) is 0 Å². The van der Waals surface area contributed by atoms with Gasteiger partial charge in [-0.25, -0.2) is 4.39 Å². The second-order valence-electron chi connectivity index (χ2n) is 4.59. The highest BCUT2D eigenvalue weighted by Crippen LogP contribution is 2.26. The molecule has 0 saturated carbocycles. The van der Waals surface area contributed by atoms with E-state index in [0.29, 0.717) is 15.6 Å². The Hall–Kier alpha value is -1.75. The number of hydrogen-bond donors (Lipinski definition) is 0. The van der Waals surface area contributed by atoms with Crippen molar-refractivity contribution in [2.45, 2.75) is 20.0 Å². The number of aryl methyl sites for hydroxylation is 1. The summed E-state index contributed by atoms with van der Waals surface area (Å²) in [5.74, 6) is -0.950. The lowest BCUT2D eigenvalue weighted by Gasteiger charge is -2.17. The van der Waals surface area contributed by atoms with Gasteiger partial charge in [-0.2, -0.15) is 0 Å². The van der Waals surface area contributed by atoms with Crippen molar-refractivity contribution in [2.24, 2.45) is 0 Å². The van der Waals surface area contributed by atoms with Crippen molar-refractivity contribution in [3.8, 4) is 0 Å². The van der Waals surface area contributed by atoms with Crippen LogP contribution in [0.15, 0.2) is 34.9 Å². The zero-order valence-corrected chi connectivity index (χ0v) is 12.2. The lowest BCUT2D eigenvalue weighted by atomic mass is 10.1. The van der Waals surface area contributed by atoms with Crippen LogP contribution in [0.4, 0.5) is 4.39 Å². The highest BCUT2D eigenvalue weighted by Gasteiger charge is 2.28. The molecular weight excluding hydrogens is 323 g/mol. The third kappa shape index (κ3) is 2.22. The first kappa shape index (κ1) is 11.0. The minimum absolute atomic E-state index is 0.0789. The van der Waals surface area contributed by atoms with Gasteiger partial charge in [-0.3, -0.25) is 9.78 Å². The third-order valence-electron chi connectivity index (χ3n) is 3.22. The highest BCUT2D eigenvalue weighted by atomic mass is 79.9. The first-order valence-corrected chi connectivity index (χ1v) is 6.83. The number of carbonyl (C=O) groups excluding carboxylic acids is 1. The molecule has 2 aromatic rings.